The van der Waals surface area contributed by atoms with Crippen LogP contribution >= 0.6 is 15.2 Å². The third-order valence-electron chi connectivity index (χ3n) is 0.765. The summed E-state index contributed by atoms with van der Waals surface area (Å²) in [5.41, 5.74) is 0. The molecule has 0 aromatic carbocycles. The van der Waals surface area contributed by atoms with E-state index in [9.17, 15) is 13.9 Å². The largest absolute Gasteiger partial charge is 0.332 e. The maximum absolute atomic E-state index is 10.5. The Morgan fingerprint density at radius 2 is 1.17 bits per heavy atom. The number of hydrogen-bond donors (Lipinski definition) is 4. The van der Waals surface area contributed by atoms with E-state index < -0.39 is 33.3 Å². The fourth-order valence-corrected chi connectivity index (χ4v) is 1.83. The van der Waals surface area contributed by atoms with Gasteiger partial charge in [0, 0.05) is 0 Å². The molecule has 0 heterocycles. The van der Waals surface area contributed by atoms with Gasteiger partial charge in [-0.3, -0.25) is 13.9 Å². The van der Waals surface area contributed by atoms with Crippen LogP contribution in [0.3, 0.4) is 0 Å². The average molecular weight is 218 g/mol. The molecule has 0 aliphatic carbocycles. The van der Waals surface area contributed by atoms with Crippen LogP contribution in [0.5, 0.6) is 0 Å². The smallest absolute Gasteiger partial charge is 0.324 e. The lowest BCUT2D eigenvalue weighted by Gasteiger charge is -2.03. The summed E-state index contributed by atoms with van der Waals surface area (Å²) in [4.78, 5) is 43.4. The first-order chi connectivity index (χ1) is 5.10. The first-order valence-electron chi connectivity index (χ1n) is 2.71. The quantitative estimate of drug-likeness (QED) is 0.440. The standard InChI is InChI=1S/C3H8O7P2/c4-3(1-11(5,6)7)2-12(8,9)10/h1-2H2,(H2,5,6,7)(H2,8,9,10). The second-order valence-corrected chi connectivity index (χ2v) is 5.48. The van der Waals surface area contributed by atoms with Crippen molar-refractivity contribution in [1.29, 1.82) is 0 Å². The highest BCUT2D eigenvalue weighted by atomic mass is 31.2. The number of Topliss-reactive ketones (excluding diaryl/α,β-unsaturated/α-hetero) is 1. The van der Waals surface area contributed by atoms with Gasteiger partial charge in [0.05, 0.1) is 0 Å². The van der Waals surface area contributed by atoms with Crippen LogP contribution in [0, 0.1) is 0 Å². The van der Waals surface area contributed by atoms with E-state index in [-0.39, 0.29) is 0 Å². The lowest BCUT2D eigenvalue weighted by atomic mass is 10.5. The van der Waals surface area contributed by atoms with Crippen molar-refractivity contribution in [3.8, 4) is 0 Å². The van der Waals surface area contributed by atoms with Gasteiger partial charge in [0.15, 0.2) is 5.78 Å². The molecule has 0 bridgehead atoms. The van der Waals surface area contributed by atoms with Gasteiger partial charge in [-0.05, 0) is 0 Å². The van der Waals surface area contributed by atoms with Crippen molar-refractivity contribution >= 4 is 21.0 Å². The van der Waals surface area contributed by atoms with Crippen LogP contribution in [0.2, 0.25) is 0 Å². The predicted octanol–water partition coefficient (Wildman–Crippen LogP) is -1.09. The van der Waals surface area contributed by atoms with Crippen molar-refractivity contribution in [3.05, 3.63) is 0 Å². The molecule has 0 aromatic heterocycles. The van der Waals surface area contributed by atoms with E-state index in [0.29, 0.717) is 0 Å². The molecule has 0 fully saturated rings. The summed E-state index contributed by atoms with van der Waals surface area (Å²) < 4.78 is 20.3. The SMILES string of the molecule is O=C(CP(=O)(O)O)CP(=O)(O)O. The fraction of sp³-hybridized carbons (Fsp3) is 0.667. The van der Waals surface area contributed by atoms with Gasteiger partial charge < -0.3 is 19.6 Å². The van der Waals surface area contributed by atoms with Crippen molar-refractivity contribution in [3.63, 3.8) is 0 Å². The molecule has 0 saturated heterocycles. The van der Waals surface area contributed by atoms with Crippen LogP contribution in [0.1, 0.15) is 0 Å². The number of rotatable bonds is 4. The van der Waals surface area contributed by atoms with Crippen molar-refractivity contribution in [2.75, 3.05) is 12.3 Å². The van der Waals surface area contributed by atoms with Gasteiger partial charge in [0.2, 0.25) is 0 Å². The molecule has 0 saturated carbocycles. The first-order valence-corrected chi connectivity index (χ1v) is 6.30. The Hall–Kier alpha value is -0.0300. The Morgan fingerprint density at radius 3 is 1.33 bits per heavy atom. The number of carbonyl (C=O) groups excluding carboxylic acids is 1. The summed E-state index contributed by atoms with van der Waals surface area (Å²) in [6.07, 6.45) is -2.25. The lowest BCUT2D eigenvalue weighted by Crippen LogP contribution is -2.10. The molecular weight excluding hydrogens is 210 g/mol. The normalized spacial score (nSPS) is 13.0. The molecule has 0 rings (SSSR count). The summed E-state index contributed by atoms with van der Waals surface area (Å²) >= 11 is 0. The highest BCUT2D eigenvalue weighted by Gasteiger charge is 2.25. The Morgan fingerprint density at radius 1 is 0.917 bits per heavy atom. The minimum atomic E-state index is -4.50. The van der Waals surface area contributed by atoms with Gasteiger partial charge in [-0.1, -0.05) is 0 Å². The molecule has 0 aliphatic rings. The minimum absolute atomic E-state index is 1.13. The van der Waals surface area contributed by atoms with Crippen molar-refractivity contribution in [2.45, 2.75) is 0 Å². The van der Waals surface area contributed by atoms with E-state index in [2.05, 4.69) is 0 Å². The average Bonchev–Trinajstić information content (AvgIpc) is 1.49. The molecule has 0 spiro atoms. The van der Waals surface area contributed by atoms with Gasteiger partial charge in [0.25, 0.3) is 0 Å². The van der Waals surface area contributed by atoms with E-state index >= 15 is 0 Å². The second-order valence-electron chi connectivity index (χ2n) is 2.18. The summed E-state index contributed by atoms with van der Waals surface area (Å²) in [7, 11) is -9.00. The Kier molecular flexibility index (Phi) is 3.78. The van der Waals surface area contributed by atoms with Gasteiger partial charge in [-0.15, -0.1) is 0 Å². The van der Waals surface area contributed by atoms with Crippen molar-refractivity contribution in [2.24, 2.45) is 0 Å². The third kappa shape index (κ3) is 8.07. The molecule has 0 amide bonds. The molecule has 4 N–H and O–H groups in total. The van der Waals surface area contributed by atoms with Crippen molar-refractivity contribution in [1.82, 2.24) is 0 Å². The molecular formula is C3H8O7P2. The zero-order valence-corrected chi connectivity index (χ0v) is 7.61. The first kappa shape index (κ1) is 12.0. The van der Waals surface area contributed by atoms with Crippen LogP contribution in [-0.2, 0) is 13.9 Å². The zero-order valence-electron chi connectivity index (χ0n) is 5.82. The van der Waals surface area contributed by atoms with Crippen LogP contribution < -0.4 is 0 Å². The topological polar surface area (TPSA) is 132 Å². The van der Waals surface area contributed by atoms with Crippen LogP contribution in [-0.4, -0.2) is 37.7 Å². The molecule has 12 heavy (non-hydrogen) atoms. The third-order valence-corrected chi connectivity index (χ3v) is 2.29. The number of hydrogen-bond acceptors (Lipinski definition) is 3. The van der Waals surface area contributed by atoms with Crippen molar-refractivity contribution < 1.29 is 33.5 Å². The van der Waals surface area contributed by atoms with Gasteiger partial charge in [-0.25, -0.2) is 0 Å². The van der Waals surface area contributed by atoms with E-state index in [0.717, 1.165) is 0 Å². The number of carbonyl (C=O) groups is 1. The van der Waals surface area contributed by atoms with E-state index in [1.54, 1.807) is 0 Å². The predicted molar refractivity (Wildman–Crippen MR) is 38.8 cm³/mol. The van der Waals surface area contributed by atoms with Gasteiger partial charge in [0.1, 0.15) is 12.3 Å². The monoisotopic (exact) mass is 218 g/mol. The summed E-state index contributed by atoms with van der Waals surface area (Å²) in [5, 5.41) is 0. The van der Waals surface area contributed by atoms with Gasteiger partial charge >= 0.3 is 15.2 Å². The summed E-state index contributed by atoms with van der Waals surface area (Å²) in [5.74, 6) is -1.14. The van der Waals surface area contributed by atoms with Crippen LogP contribution in [0.25, 0.3) is 0 Å². The van der Waals surface area contributed by atoms with E-state index in [4.69, 9.17) is 19.6 Å². The maximum Gasteiger partial charge on any atom is 0.332 e. The Balaban J connectivity index is 4.10. The molecule has 9 heteroatoms. The maximum atomic E-state index is 10.5. The molecule has 7 nitrogen and oxygen atoms in total. The highest BCUT2D eigenvalue weighted by Crippen LogP contribution is 2.38. The fourth-order valence-electron chi connectivity index (χ4n) is 0.509. The number of ketones is 1. The second kappa shape index (κ2) is 3.79. The van der Waals surface area contributed by atoms with E-state index in [1.807, 2.05) is 0 Å². The Bertz CT molecular complexity index is 232. The van der Waals surface area contributed by atoms with Crippen LogP contribution in [0.15, 0.2) is 0 Å². The molecule has 0 aromatic rings. The zero-order chi connectivity index (χ0) is 9.99. The molecule has 72 valence electrons. The summed E-state index contributed by atoms with van der Waals surface area (Å²) in [6.45, 7) is 0. The molecule has 0 unspecified atom stereocenters. The highest BCUT2D eigenvalue weighted by molar-refractivity contribution is 7.55. The molecule has 0 aliphatic heterocycles. The van der Waals surface area contributed by atoms with E-state index in [1.165, 1.54) is 0 Å². The lowest BCUT2D eigenvalue weighted by molar-refractivity contribution is -0.114. The molecule has 0 radical (unpaired) electrons. The van der Waals surface area contributed by atoms with Gasteiger partial charge in [-0.2, -0.15) is 0 Å². The Labute approximate surface area is 67.7 Å². The van der Waals surface area contributed by atoms with Crippen LogP contribution in [0.4, 0.5) is 0 Å². The minimum Gasteiger partial charge on any atom is -0.324 e. The molecule has 0 atom stereocenters. The summed E-state index contributed by atoms with van der Waals surface area (Å²) in [6, 6.07) is 0.